The van der Waals surface area contributed by atoms with Crippen molar-refractivity contribution in [3.8, 4) is 0 Å². The van der Waals surface area contributed by atoms with Crippen LogP contribution in [-0.2, 0) is 14.3 Å². The summed E-state index contributed by atoms with van der Waals surface area (Å²) in [4.78, 5) is 22.4. The molecule has 0 amide bonds. The summed E-state index contributed by atoms with van der Waals surface area (Å²) < 4.78 is 4.82. The van der Waals surface area contributed by atoms with Gasteiger partial charge in [0.1, 0.15) is 0 Å². The van der Waals surface area contributed by atoms with Crippen molar-refractivity contribution in [1.29, 1.82) is 0 Å². The second-order valence-corrected chi connectivity index (χ2v) is 4.10. The van der Waals surface area contributed by atoms with E-state index >= 15 is 0 Å². The van der Waals surface area contributed by atoms with Crippen LogP contribution in [0.5, 0.6) is 0 Å². The zero-order chi connectivity index (χ0) is 12.1. The summed E-state index contributed by atoms with van der Waals surface area (Å²) in [5.41, 5.74) is 0. The van der Waals surface area contributed by atoms with Crippen molar-refractivity contribution >= 4 is 11.8 Å². The minimum absolute atomic E-state index is 0.253. The van der Waals surface area contributed by atoms with Gasteiger partial charge < -0.3 is 14.9 Å². The molecule has 16 heavy (non-hydrogen) atoms. The Morgan fingerprint density at radius 1 is 1.25 bits per heavy atom. The molecule has 1 saturated carbocycles. The molecule has 0 bridgehead atoms. The molecule has 5 nitrogen and oxygen atoms in total. The number of carbonyl (C=O) groups excluding carboxylic acids is 1. The molecule has 0 aromatic rings. The third kappa shape index (κ3) is 3.28. The minimum atomic E-state index is -1.35. The normalized spacial score (nSPS) is 27.4. The standard InChI is InChI=1S/C11H18O5/c1-2-16-11(15)9(12)7-3-5-8(6-4-7)10(13)14/h7-8,11,15H,2-6H2,1H3,(H,13,14). The first-order valence-electron chi connectivity index (χ1n) is 5.62. The van der Waals surface area contributed by atoms with E-state index in [0.717, 1.165) is 0 Å². The number of Topliss-reactive ketones (excluding diaryl/α,β-unsaturated/α-hetero) is 1. The number of aliphatic carboxylic acids is 1. The molecule has 0 saturated heterocycles. The largest absolute Gasteiger partial charge is 0.481 e. The molecule has 1 rings (SSSR count). The van der Waals surface area contributed by atoms with Crippen LogP contribution in [0.1, 0.15) is 32.6 Å². The zero-order valence-electron chi connectivity index (χ0n) is 9.39. The summed E-state index contributed by atoms with van der Waals surface area (Å²) in [6.45, 7) is 2.00. The van der Waals surface area contributed by atoms with Gasteiger partial charge in [0.15, 0.2) is 5.78 Å². The van der Waals surface area contributed by atoms with Crippen LogP contribution in [0.15, 0.2) is 0 Å². The number of ether oxygens (including phenoxy) is 1. The van der Waals surface area contributed by atoms with Gasteiger partial charge in [0.25, 0.3) is 0 Å². The van der Waals surface area contributed by atoms with Crippen LogP contribution in [0.4, 0.5) is 0 Å². The lowest BCUT2D eigenvalue weighted by molar-refractivity contribution is -0.161. The molecule has 0 aliphatic heterocycles. The number of rotatable bonds is 5. The molecule has 0 heterocycles. The van der Waals surface area contributed by atoms with Gasteiger partial charge in [-0.15, -0.1) is 0 Å². The monoisotopic (exact) mass is 230 g/mol. The summed E-state index contributed by atoms with van der Waals surface area (Å²) in [7, 11) is 0. The Balaban J connectivity index is 2.41. The number of carbonyl (C=O) groups is 2. The Labute approximate surface area is 94.4 Å². The second kappa shape index (κ2) is 5.96. The Morgan fingerprint density at radius 3 is 2.19 bits per heavy atom. The van der Waals surface area contributed by atoms with Crippen molar-refractivity contribution < 1.29 is 24.5 Å². The van der Waals surface area contributed by atoms with Crippen LogP contribution in [0.2, 0.25) is 0 Å². The Hall–Kier alpha value is -0.940. The molecule has 2 N–H and O–H groups in total. The molecule has 1 aliphatic carbocycles. The first-order chi connectivity index (χ1) is 7.56. The SMILES string of the molecule is CCOC(O)C(=O)C1CCC(C(=O)O)CC1. The molecule has 0 spiro atoms. The zero-order valence-corrected chi connectivity index (χ0v) is 9.39. The molecule has 5 heteroatoms. The van der Waals surface area contributed by atoms with E-state index in [1.54, 1.807) is 6.92 Å². The third-order valence-corrected chi connectivity index (χ3v) is 3.05. The summed E-state index contributed by atoms with van der Waals surface area (Å²) in [5.74, 6) is -1.70. The smallest absolute Gasteiger partial charge is 0.306 e. The van der Waals surface area contributed by atoms with Gasteiger partial charge in [-0.25, -0.2) is 0 Å². The number of ketones is 1. The first-order valence-corrected chi connectivity index (χ1v) is 5.62. The van der Waals surface area contributed by atoms with Crippen molar-refractivity contribution in [3.05, 3.63) is 0 Å². The maximum absolute atomic E-state index is 11.6. The molecule has 0 aromatic carbocycles. The molecule has 1 fully saturated rings. The Kier molecular flexibility index (Phi) is 4.89. The first kappa shape index (κ1) is 13.1. The maximum Gasteiger partial charge on any atom is 0.306 e. The van der Waals surface area contributed by atoms with Crippen molar-refractivity contribution in [2.45, 2.75) is 38.9 Å². The highest BCUT2D eigenvalue weighted by atomic mass is 16.6. The van der Waals surface area contributed by atoms with Crippen molar-refractivity contribution in [2.24, 2.45) is 11.8 Å². The predicted molar refractivity (Wildman–Crippen MR) is 55.7 cm³/mol. The number of aliphatic hydroxyl groups excluding tert-OH is 1. The third-order valence-electron chi connectivity index (χ3n) is 3.05. The van der Waals surface area contributed by atoms with E-state index in [1.807, 2.05) is 0 Å². The summed E-state index contributed by atoms with van der Waals surface area (Å²) in [6, 6.07) is 0. The van der Waals surface area contributed by atoms with E-state index in [1.165, 1.54) is 0 Å². The summed E-state index contributed by atoms with van der Waals surface area (Å²) >= 11 is 0. The highest BCUT2D eigenvalue weighted by molar-refractivity contribution is 5.84. The molecule has 1 atom stereocenters. The van der Waals surface area contributed by atoms with E-state index in [0.29, 0.717) is 25.7 Å². The number of hydrogen-bond donors (Lipinski definition) is 2. The van der Waals surface area contributed by atoms with Gasteiger partial charge in [0.05, 0.1) is 5.92 Å². The summed E-state index contributed by atoms with van der Waals surface area (Å²) in [6.07, 6.45) is 0.714. The van der Waals surface area contributed by atoms with Crippen LogP contribution in [0.25, 0.3) is 0 Å². The predicted octanol–water partition coefficient (Wildman–Crippen LogP) is 0.801. The van der Waals surface area contributed by atoms with Gasteiger partial charge in [0, 0.05) is 12.5 Å². The molecular weight excluding hydrogens is 212 g/mol. The van der Waals surface area contributed by atoms with Crippen molar-refractivity contribution in [2.75, 3.05) is 6.61 Å². The fourth-order valence-corrected chi connectivity index (χ4v) is 2.07. The highest BCUT2D eigenvalue weighted by Gasteiger charge is 2.32. The molecular formula is C11H18O5. The van der Waals surface area contributed by atoms with Crippen molar-refractivity contribution in [3.63, 3.8) is 0 Å². The van der Waals surface area contributed by atoms with E-state index in [-0.39, 0.29) is 24.2 Å². The fourth-order valence-electron chi connectivity index (χ4n) is 2.07. The highest BCUT2D eigenvalue weighted by Crippen LogP contribution is 2.30. The van der Waals surface area contributed by atoms with Gasteiger partial charge in [0.2, 0.25) is 6.29 Å². The number of carboxylic acid groups (broad SMARTS) is 1. The van der Waals surface area contributed by atoms with Crippen LogP contribution in [0.3, 0.4) is 0 Å². The Morgan fingerprint density at radius 2 is 1.75 bits per heavy atom. The quantitative estimate of drug-likeness (QED) is 0.682. The Bertz CT molecular complexity index is 255. The fraction of sp³-hybridized carbons (Fsp3) is 0.818. The molecule has 92 valence electrons. The van der Waals surface area contributed by atoms with Crippen LogP contribution in [-0.4, -0.2) is 34.9 Å². The second-order valence-electron chi connectivity index (χ2n) is 4.10. The maximum atomic E-state index is 11.6. The van der Waals surface area contributed by atoms with Gasteiger partial charge in [-0.3, -0.25) is 9.59 Å². The molecule has 1 aliphatic rings. The molecule has 1 unspecified atom stereocenters. The minimum Gasteiger partial charge on any atom is -0.481 e. The number of carboxylic acids is 1. The van der Waals surface area contributed by atoms with Gasteiger partial charge in [-0.1, -0.05) is 0 Å². The van der Waals surface area contributed by atoms with E-state index in [9.17, 15) is 14.7 Å². The van der Waals surface area contributed by atoms with Crippen LogP contribution < -0.4 is 0 Å². The van der Waals surface area contributed by atoms with E-state index < -0.39 is 12.3 Å². The lowest BCUT2D eigenvalue weighted by Gasteiger charge is -2.26. The van der Waals surface area contributed by atoms with E-state index in [4.69, 9.17) is 9.84 Å². The number of aliphatic hydroxyl groups is 1. The topological polar surface area (TPSA) is 83.8 Å². The van der Waals surface area contributed by atoms with Gasteiger partial charge >= 0.3 is 5.97 Å². The molecule has 0 radical (unpaired) electrons. The average Bonchev–Trinajstić information content (AvgIpc) is 2.28. The summed E-state index contributed by atoms with van der Waals surface area (Å²) in [5, 5.41) is 18.2. The molecule has 0 aromatic heterocycles. The lowest BCUT2D eigenvalue weighted by Crippen LogP contribution is -2.34. The number of hydrogen-bond acceptors (Lipinski definition) is 4. The van der Waals surface area contributed by atoms with E-state index in [2.05, 4.69) is 0 Å². The van der Waals surface area contributed by atoms with Gasteiger partial charge in [-0.2, -0.15) is 0 Å². The lowest BCUT2D eigenvalue weighted by atomic mass is 9.80. The van der Waals surface area contributed by atoms with Crippen LogP contribution in [0, 0.1) is 11.8 Å². The van der Waals surface area contributed by atoms with Crippen molar-refractivity contribution in [1.82, 2.24) is 0 Å². The average molecular weight is 230 g/mol. The van der Waals surface area contributed by atoms with Gasteiger partial charge in [-0.05, 0) is 32.6 Å². The van der Waals surface area contributed by atoms with Crippen LogP contribution >= 0.6 is 0 Å².